The van der Waals surface area contributed by atoms with Crippen molar-refractivity contribution in [1.29, 1.82) is 0 Å². The number of nitrogens with zero attached hydrogens (tertiary/aromatic N) is 2. The van der Waals surface area contributed by atoms with Crippen LogP contribution < -0.4 is 0 Å². The molecule has 0 saturated carbocycles. The van der Waals surface area contributed by atoms with Gasteiger partial charge in [0.25, 0.3) is 0 Å². The molecule has 0 amide bonds. The summed E-state index contributed by atoms with van der Waals surface area (Å²) in [6.45, 7) is 8.01. The van der Waals surface area contributed by atoms with E-state index in [4.69, 9.17) is 0 Å². The zero-order valence-electron chi connectivity index (χ0n) is 8.05. The van der Waals surface area contributed by atoms with E-state index in [0.717, 1.165) is 17.1 Å². The summed E-state index contributed by atoms with van der Waals surface area (Å²) in [7, 11) is 0. The molecule has 2 heteroatoms. The molecule has 1 rings (SSSR count). The average molecular weight is 162 g/mol. The lowest BCUT2D eigenvalue weighted by Gasteiger charge is -2.00. The standard InChI is InChI=1S/C10H14N2/c1-7(2)12-10-6-11-9(4)5-8(10)3/h5-6H,1-4H3. The summed E-state index contributed by atoms with van der Waals surface area (Å²) >= 11 is 0. The Bertz CT molecular complexity index is 310. The molecule has 0 unspecified atom stereocenters. The van der Waals surface area contributed by atoms with Crippen molar-refractivity contribution < 1.29 is 0 Å². The van der Waals surface area contributed by atoms with Crippen molar-refractivity contribution in [2.24, 2.45) is 4.99 Å². The SMILES string of the molecule is CC(C)=Nc1cnc(C)cc1C. The van der Waals surface area contributed by atoms with Crippen molar-refractivity contribution in [2.45, 2.75) is 27.7 Å². The van der Waals surface area contributed by atoms with Gasteiger partial charge in [-0.05, 0) is 39.3 Å². The quantitative estimate of drug-likeness (QED) is 0.583. The third-order valence-corrected chi connectivity index (χ3v) is 1.56. The monoisotopic (exact) mass is 162 g/mol. The highest BCUT2D eigenvalue weighted by molar-refractivity contribution is 5.82. The molecule has 0 aromatic carbocycles. The van der Waals surface area contributed by atoms with Crippen LogP contribution in [0.5, 0.6) is 0 Å². The number of aromatic nitrogens is 1. The van der Waals surface area contributed by atoms with Crippen molar-refractivity contribution in [3.05, 3.63) is 23.5 Å². The summed E-state index contributed by atoms with van der Waals surface area (Å²) in [4.78, 5) is 8.54. The Morgan fingerprint density at radius 1 is 1.33 bits per heavy atom. The fourth-order valence-corrected chi connectivity index (χ4v) is 1.05. The van der Waals surface area contributed by atoms with Gasteiger partial charge in [-0.25, -0.2) is 0 Å². The van der Waals surface area contributed by atoms with Crippen molar-refractivity contribution in [3.8, 4) is 0 Å². The van der Waals surface area contributed by atoms with Gasteiger partial charge < -0.3 is 0 Å². The maximum absolute atomic E-state index is 4.35. The molecule has 0 radical (unpaired) electrons. The number of aliphatic imine (C=N–C) groups is 1. The first-order chi connectivity index (χ1) is 5.59. The van der Waals surface area contributed by atoms with E-state index < -0.39 is 0 Å². The van der Waals surface area contributed by atoms with Gasteiger partial charge in [0.05, 0.1) is 11.9 Å². The Kier molecular flexibility index (Phi) is 2.58. The predicted octanol–water partition coefficient (Wildman–Crippen LogP) is 2.81. The van der Waals surface area contributed by atoms with Gasteiger partial charge in [0.1, 0.15) is 0 Å². The average Bonchev–Trinajstić information content (AvgIpc) is 1.94. The van der Waals surface area contributed by atoms with E-state index >= 15 is 0 Å². The normalized spacial score (nSPS) is 9.67. The highest BCUT2D eigenvalue weighted by atomic mass is 14.8. The second kappa shape index (κ2) is 3.48. The first-order valence-electron chi connectivity index (χ1n) is 4.05. The molecule has 0 spiro atoms. The van der Waals surface area contributed by atoms with Crippen LogP contribution in [-0.2, 0) is 0 Å². The van der Waals surface area contributed by atoms with E-state index in [-0.39, 0.29) is 0 Å². The fraction of sp³-hybridized carbons (Fsp3) is 0.400. The third kappa shape index (κ3) is 2.16. The van der Waals surface area contributed by atoms with Crippen molar-refractivity contribution in [1.82, 2.24) is 4.98 Å². The van der Waals surface area contributed by atoms with Gasteiger partial charge in [0, 0.05) is 11.4 Å². The van der Waals surface area contributed by atoms with Gasteiger partial charge in [-0.2, -0.15) is 0 Å². The summed E-state index contributed by atoms with van der Waals surface area (Å²) in [6, 6.07) is 2.04. The van der Waals surface area contributed by atoms with E-state index in [0.29, 0.717) is 0 Å². The Balaban J connectivity index is 3.10. The van der Waals surface area contributed by atoms with E-state index in [2.05, 4.69) is 16.9 Å². The van der Waals surface area contributed by atoms with Crippen LogP contribution in [0.2, 0.25) is 0 Å². The molecule has 0 N–H and O–H groups in total. The molecule has 0 aliphatic carbocycles. The number of hydrogen-bond donors (Lipinski definition) is 0. The molecule has 2 nitrogen and oxygen atoms in total. The minimum Gasteiger partial charge on any atom is -0.259 e. The topological polar surface area (TPSA) is 25.2 Å². The summed E-state index contributed by atoms with van der Waals surface area (Å²) in [5.41, 5.74) is 4.26. The highest BCUT2D eigenvalue weighted by Crippen LogP contribution is 2.17. The molecule has 12 heavy (non-hydrogen) atoms. The Hall–Kier alpha value is -1.18. The van der Waals surface area contributed by atoms with Gasteiger partial charge in [-0.3, -0.25) is 9.98 Å². The van der Waals surface area contributed by atoms with Crippen LogP contribution in [0.3, 0.4) is 0 Å². The highest BCUT2D eigenvalue weighted by Gasteiger charge is 1.96. The zero-order valence-corrected chi connectivity index (χ0v) is 8.05. The predicted molar refractivity (Wildman–Crippen MR) is 52.2 cm³/mol. The largest absolute Gasteiger partial charge is 0.259 e. The first kappa shape index (κ1) is 8.91. The second-order valence-corrected chi connectivity index (χ2v) is 3.17. The minimum absolute atomic E-state index is 0.973. The molecule has 0 atom stereocenters. The smallest absolute Gasteiger partial charge is 0.0841 e. The fourth-order valence-electron chi connectivity index (χ4n) is 1.05. The van der Waals surface area contributed by atoms with Crippen LogP contribution >= 0.6 is 0 Å². The molecular weight excluding hydrogens is 148 g/mol. The molecule has 1 aromatic rings. The van der Waals surface area contributed by atoms with E-state index in [9.17, 15) is 0 Å². The minimum atomic E-state index is 0.973. The molecule has 1 heterocycles. The van der Waals surface area contributed by atoms with Gasteiger partial charge >= 0.3 is 0 Å². The molecule has 0 fully saturated rings. The first-order valence-corrected chi connectivity index (χ1v) is 4.05. The van der Waals surface area contributed by atoms with Gasteiger partial charge in [0.2, 0.25) is 0 Å². The van der Waals surface area contributed by atoms with Gasteiger partial charge in [-0.15, -0.1) is 0 Å². The second-order valence-electron chi connectivity index (χ2n) is 3.17. The van der Waals surface area contributed by atoms with E-state index in [1.807, 2.05) is 33.0 Å². The van der Waals surface area contributed by atoms with Crippen LogP contribution in [-0.4, -0.2) is 10.7 Å². The van der Waals surface area contributed by atoms with Gasteiger partial charge in [-0.1, -0.05) is 0 Å². The number of pyridine rings is 1. The summed E-state index contributed by atoms with van der Waals surface area (Å²) < 4.78 is 0. The van der Waals surface area contributed by atoms with Crippen LogP contribution in [0.25, 0.3) is 0 Å². The van der Waals surface area contributed by atoms with Crippen LogP contribution in [0.15, 0.2) is 17.3 Å². The molecule has 0 aliphatic rings. The van der Waals surface area contributed by atoms with E-state index in [1.54, 1.807) is 0 Å². The van der Waals surface area contributed by atoms with Crippen molar-refractivity contribution in [3.63, 3.8) is 0 Å². The maximum Gasteiger partial charge on any atom is 0.0841 e. The lowest BCUT2D eigenvalue weighted by molar-refractivity contribution is 1.17. The van der Waals surface area contributed by atoms with Crippen LogP contribution in [0.1, 0.15) is 25.1 Å². The summed E-state index contributed by atoms with van der Waals surface area (Å²) in [5.74, 6) is 0. The third-order valence-electron chi connectivity index (χ3n) is 1.56. The molecule has 0 bridgehead atoms. The van der Waals surface area contributed by atoms with Gasteiger partial charge in [0.15, 0.2) is 0 Å². The Morgan fingerprint density at radius 3 is 2.50 bits per heavy atom. The number of rotatable bonds is 1. The summed E-state index contributed by atoms with van der Waals surface area (Å²) in [6.07, 6.45) is 1.82. The van der Waals surface area contributed by atoms with Crippen LogP contribution in [0, 0.1) is 13.8 Å². The molecule has 64 valence electrons. The van der Waals surface area contributed by atoms with Crippen molar-refractivity contribution in [2.75, 3.05) is 0 Å². The zero-order chi connectivity index (χ0) is 9.14. The van der Waals surface area contributed by atoms with Crippen LogP contribution in [0.4, 0.5) is 5.69 Å². The lowest BCUT2D eigenvalue weighted by atomic mass is 10.2. The summed E-state index contributed by atoms with van der Waals surface area (Å²) in [5, 5.41) is 0. The van der Waals surface area contributed by atoms with E-state index in [1.165, 1.54) is 5.56 Å². The molecule has 0 aliphatic heterocycles. The number of hydrogen-bond acceptors (Lipinski definition) is 2. The number of aryl methyl sites for hydroxylation is 2. The molecular formula is C10H14N2. The Labute approximate surface area is 73.4 Å². The lowest BCUT2D eigenvalue weighted by Crippen LogP contribution is -1.85. The molecule has 1 aromatic heterocycles. The molecule has 0 saturated heterocycles. The maximum atomic E-state index is 4.35. The Morgan fingerprint density at radius 2 is 2.00 bits per heavy atom. The van der Waals surface area contributed by atoms with Crippen molar-refractivity contribution >= 4 is 11.4 Å².